The molecule has 142 valence electrons. The van der Waals surface area contributed by atoms with Crippen LogP contribution in [0.15, 0.2) is 65.0 Å². The van der Waals surface area contributed by atoms with E-state index in [1.165, 1.54) is 28.3 Å². The van der Waals surface area contributed by atoms with E-state index >= 15 is 0 Å². The molecule has 3 nitrogen and oxygen atoms in total. The summed E-state index contributed by atoms with van der Waals surface area (Å²) in [6.07, 6.45) is -3.06. The molecule has 2 heterocycles. The van der Waals surface area contributed by atoms with Gasteiger partial charge in [0.25, 0.3) is 5.56 Å². The summed E-state index contributed by atoms with van der Waals surface area (Å²) in [5, 5.41) is 2.41. The normalized spacial score (nSPS) is 11.9. The molecular formula is C20H12ClF3N2OS. The average Bonchev–Trinajstić information content (AvgIpc) is 3.08. The molecule has 8 heteroatoms. The van der Waals surface area contributed by atoms with Gasteiger partial charge < -0.3 is 0 Å². The maximum absolute atomic E-state index is 12.9. The van der Waals surface area contributed by atoms with Crippen molar-refractivity contribution < 1.29 is 13.2 Å². The van der Waals surface area contributed by atoms with E-state index in [9.17, 15) is 18.0 Å². The number of nitrogens with zero attached hydrogens (tertiary/aromatic N) is 2. The lowest BCUT2D eigenvalue weighted by atomic mass is 10.1. The van der Waals surface area contributed by atoms with E-state index in [0.717, 1.165) is 23.3 Å². The highest BCUT2D eigenvalue weighted by Crippen LogP contribution is 2.32. The van der Waals surface area contributed by atoms with Crippen molar-refractivity contribution >= 4 is 33.2 Å². The first-order valence-corrected chi connectivity index (χ1v) is 9.47. The van der Waals surface area contributed by atoms with Gasteiger partial charge in [-0.05, 0) is 35.4 Å². The van der Waals surface area contributed by atoms with Crippen LogP contribution in [0.3, 0.4) is 0 Å². The summed E-state index contributed by atoms with van der Waals surface area (Å²) in [5.74, 6) is 0. The third-order valence-corrected chi connectivity index (χ3v) is 5.48. The van der Waals surface area contributed by atoms with Gasteiger partial charge in [-0.2, -0.15) is 13.2 Å². The molecule has 0 radical (unpaired) electrons. The Morgan fingerprint density at radius 3 is 2.64 bits per heavy atom. The Kier molecular flexibility index (Phi) is 4.72. The maximum Gasteiger partial charge on any atom is 0.416 e. The Bertz CT molecular complexity index is 1230. The number of fused-ring (bicyclic) bond motifs is 1. The summed E-state index contributed by atoms with van der Waals surface area (Å²) in [6.45, 7) is 0.0100. The number of thiophene rings is 1. The fourth-order valence-electron chi connectivity index (χ4n) is 2.96. The van der Waals surface area contributed by atoms with Gasteiger partial charge in [-0.1, -0.05) is 35.9 Å². The maximum atomic E-state index is 12.9. The molecule has 0 amide bonds. The molecule has 0 aliphatic carbocycles. The van der Waals surface area contributed by atoms with Crippen LogP contribution in [0, 0.1) is 0 Å². The third kappa shape index (κ3) is 3.55. The highest BCUT2D eigenvalue weighted by Gasteiger charge is 2.30. The van der Waals surface area contributed by atoms with Crippen LogP contribution < -0.4 is 5.56 Å². The first-order valence-electron chi connectivity index (χ1n) is 8.21. The summed E-state index contributed by atoms with van der Waals surface area (Å²) in [4.78, 5) is 17.2. The molecule has 0 N–H and O–H groups in total. The van der Waals surface area contributed by atoms with Crippen molar-refractivity contribution in [1.82, 2.24) is 9.55 Å². The average molecular weight is 421 g/mol. The van der Waals surface area contributed by atoms with E-state index in [1.54, 1.807) is 18.2 Å². The van der Waals surface area contributed by atoms with Crippen LogP contribution in [0.5, 0.6) is 0 Å². The zero-order valence-electron chi connectivity index (χ0n) is 14.2. The molecule has 0 bridgehead atoms. The molecule has 2 aromatic carbocycles. The van der Waals surface area contributed by atoms with Crippen molar-refractivity contribution in [2.24, 2.45) is 0 Å². The fraction of sp³-hybridized carbons (Fsp3) is 0.100. The second-order valence-electron chi connectivity index (χ2n) is 6.21. The SMILES string of the molecule is O=c1c2scc(-c3cccc(Cl)c3)c2ncn1Cc1cccc(C(F)(F)F)c1. The van der Waals surface area contributed by atoms with Crippen molar-refractivity contribution in [2.45, 2.75) is 12.7 Å². The molecule has 0 aliphatic heterocycles. The molecule has 0 unspecified atom stereocenters. The largest absolute Gasteiger partial charge is 0.416 e. The van der Waals surface area contributed by atoms with Gasteiger partial charge in [0, 0.05) is 16.0 Å². The van der Waals surface area contributed by atoms with Crippen LogP contribution in [0.2, 0.25) is 5.02 Å². The van der Waals surface area contributed by atoms with Gasteiger partial charge in [0.1, 0.15) is 4.70 Å². The molecule has 4 rings (SSSR count). The molecule has 0 atom stereocenters. The summed E-state index contributed by atoms with van der Waals surface area (Å²) >= 11 is 7.30. The zero-order valence-corrected chi connectivity index (χ0v) is 15.8. The van der Waals surface area contributed by atoms with Crippen LogP contribution in [0.1, 0.15) is 11.1 Å². The van der Waals surface area contributed by atoms with Crippen LogP contribution in [-0.4, -0.2) is 9.55 Å². The van der Waals surface area contributed by atoms with E-state index in [4.69, 9.17) is 11.6 Å². The topological polar surface area (TPSA) is 34.9 Å². The zero-order chi connectivity index (χ0) is 19.9. The van der Waals surface area contributed by atoms with Crippen molar-refractivity contribution in [3.8, 4) is 11.1 Å². The van der Waals surface area contributed by atoms with E-state index in [0.29, 0.717) is 20.8 Å². The molecule has 0 saturated heterocycles. The number of hydrogen-bond donors (Lipinski definition) is 0. The van der Waals surface area contributed by atoms with Crippen molar-refractivity contribution in [1.29, 1.82) is 0 Å². The van der Waals surface area contributed by atoms with Crippen molar-refractivity contribution in [3.05, 3.63) is 86.7 Å². The van der Waals surface area contributed by atoms with Crippen molar-refractivity contribution in [2.75, 3.05) is 0 Å². The molecule has 0 fully saturated rings. The second kappa shape index (κ2) is 7.07. The number of benzene rings is 2. The van der Waals surface area contributed by atoms with Crippen LogP contribution in [-0.2, 0) is 12.7 Å². The van der Waals surface area contributed by atoms with Gasteiger partial charge >= 0.3 is 6.18 Å². The molecule has 0 spiro atoms. The quantitative estimate of drug-likeness (QED) is 0.417. The number of hydrogen-bond acceptors (Lipinski definition) is 3. The second-order valence-corrected chi connectivity index (χ2v) is 7.53. The molecule has 0 aliphatic rings. The lowest BCUT2D eigenvalue weighted by molar-refractivity contribution is -0.137. The Balaban J connectivity index is 1.73. The standard InChI is InChI=1S/C20H12ClF3N2OS/c21-15-6-2-4-13(8-15)16-10-28-18-17(16)25-11-26(19(18)27)9-12-3-1-5-14(7-12)20(22,23)24/h1-8,10-11H,9H2. The fourth-order valence-corrected chi connectivity index (χ4v) is 4.12. The van der Waals surface area contributed by atoms with E-state index < -0.39 is 11.7 Å². The monoisotopic (exact) mass is 420 g/mol. The van der Waals surface area contributed by atoms with Crippen LogP contribution in [0.25, 0.3) is 21.3 Å². The number of rotatable bonds is 3. The number of halogens is 4. The molecule has 0 saturated carbocycles. The summed E-state index contributed by atoms with van der Waals surface area (Å²) < 4.78 is 40.5. The van der Waals surface area contributed by atoms with Crippen molar-refractivity contribution in [3.63, 3.8) is 0 Å². The molecule has 4 aromatic rings. The number of aromatic nitrogens is 2. The van der Waals surface area contributed by atoms with Gasteiger partial charge in [0.05, 0.1) is 24.0 Å². The minimum Gasteiger partial charge on any atom is -0.294 e. The summed E-state index contributed by atoms with van der Waals surface area (Å²) in [5.41, 5.74) is 1.54. The Hall–Kier alpha value is -2.64. The van der Waals surface area contributed by atoms with Crippen LogP contribution in [0.4, 0.5) is 13.2 Å². The highest BCUT2D eigenvalue weighted by atomic mass is 35.5. The van der Waals surface area contributed by atoms with Crippen LogP contribution >= 0.6 is 22.9 Å². The van der Waals surface area contributed by atoms with Gasteiger partial charge in [-0.3, -0.25) is 9.36 Å². The van der Waals surface area contributed by atoms with Gasteiger partial charge in [0.15, 0.2) is 0 Å². The first-order chi connectivity index (χ1) is 13.3. The smallest absolute Gasteiger partial charge is 0.294 e. The third-order valence-electron chi connectivity index (χ3n) is 4.29. The van der Waals surface area contributed by atoms with Gasteiger partial charge in [-0.25, -0.2) is 4.98 Å². The highest BCUT2D eigenvalue weighted by molar-refractivity contribution is 7.17. The minimum absolute atomic E-state index is 0.0100. The number of alkyl halides is 3. The minimum atomic E-state index is -4.43. The van der Waals surface area contributed by atoms with E-state index in [-0.39, 0.29) is 12.1 Å². The van der Waals surface area contributed by atoms with E-state index in [2.05, 4.69) is 4.98 Å². The van der Waals surface area contributed by atoms with E-state index in [1.807, 2.05) is 17.5 Å². The molecule has 28 heavy (non-hydrogen) atoms. The predicted molar refractivity (Wildman–Crippen MR) is 105 cm³/mol. The summed E-state index contributed by atoms with van der Waals surface area (Å²) in [6, 6.07) is 12.2. The first kappa shape index (κ1) is 18.7. The Labute approximate surface area is 166 Å². The lowest BCUT2D eigenvalue weighted by Gasteiger charge is -2.10. The summed E-state index contributed by atoms with van der Waals surface area (Å²) in [7, 11) is 0. The van der Waals surface area contributed by atoms with Gasteiger partial charge in [-0.15, -0.1) is 11.3 Å². The van der Waals surface area contributed by atoms with Gasteiger partial charge in [0.2, 0.25) is 0 Å². The molecular weight excluding hydrogens is 409 g/mol. The Morgan fingerprint density at radius 1 is 1.11 bits per heavy atom. The molecule has 2 aromatic heterocycles. The lowest BCUT2D eigenvalue weighted by Crippen LogP contribution is -2.20. The predicted octanol–water partition coefficient (Wildman–Crippen LogP) is 5.85. The Morgan fingerprint density at radius 2 is 1.89 bits per heavy atom.